The molecule has 1 aromatic heterocycles. The van der Waals surface area contributed by atoms with Crippen molar-refractivity contribution in [1.29, 1.82) is 0 Å². The van der Waals surface area contributed by atoms with Crippen molar-refractivity contribution in [2.75, 3.05) is 0 Å². The molecule has 1 aromatic carbocycles. The number of hydrogen-bond acceptors (Lipinski definition) is 3. The quantitative estimate of drug-likeness (QED) is 0.839. The number of benzene rings is 1. The van der Waals surface area contributed by atoms with E-state index in [-0.39, 0.29) is 10.6 Å². The van der Waals surface area contributed by atoms with Gasteiger partial charge in [-0.15, -0.1) is 11.3 Å². The zero-order chi connectivity index (χ0) is 11.7. The lowest BCUT2D eigenvalue weighted by molar-refractivity contribution is 0.0699. The van der Waals surface area contributed by atoms with E-state index >= 15 is 0 Å². The number of carboxylic acids is 1. The summed E-state index contributed by atoms with van der Waals surface area (Å²) in [5.74, 6) is -1.27. The van der Waals surface area contributed by atoms with E-state index in [1.807, 2.05) is 31.2 Å². The van der Waals surface area contributed by atoms with Crippen molar-refractivity contribution in [2.24, 2.45) is 0 Å². The second kappa shape index (κ2) is 3.98. The Kier molecular flexibility index (Phi) is 2.66. The van der Waals surface area contributed by atoms with Gasteiger partial charge in [-0.1, -0.05) is 24.3 Å². The Balaban J connectivity index is 2.54. The molecule has 0 radical (unpaired) electrons. The summed E-state index contributed by atoms with van der Waals surface area (Å²) in [5, 5.41) is 18.3. The third-order valence-corrected chi connectivity index (χ3v) is 3.46. The molecular formula is C12H10O3S. The standard InChI is InChI=1S/C12H10O3S/c1-7-4-2-3-5-8(7)10-6-9(13)11(16-10)12(14)15/h2-6,13H,1H3,(H,14,15). The first-order valence-corrected chi connectivity index (χ1v) is 5.53. The predicted octanol–water partition coefficient (Wildman–Crippen LogP) is 3.13. The van der Waals surface area contributed by atoms with Crippen LogP contribution in [0.4, 0.5) is 0 Å². The lowest BCUT2D eigenvalue weighted by Crippen LogP contribution is -1.90. The minimum atomic E-state index is -1.10. The second-order valence-corrected chi connectivity index (χ2v) is 4.50. The van der Waals surface area contributed by atoms with Crippen molar-refractivity contribution < 1.29 is 15.0 Å². The van der Waals surface area contributed by atoms with Gasteiger partial charge in [0.15, 0.2) is 4.88 Å². The molecule has 0 amide bonds. The summed E-state index contributed by atoms with van der Waals surface area (Å²) in [7, 11) is 0. The molecule has 4 heteroatoms. The van der Waals surface area contributed by atoms with Crippen LogP contribution in [0.1, 0.15) is 15.2 Å². The second-order valence-electron chi connectivity index (χ2n) is 3.45. The van der Waals surface area contributed by atoms with E-state index in [1.165, 1.54) is 6.07 Å². The zero-order valence-corrected chi connectivity index (χ0v) is 9.41. The molecule has 0 spiro atoms. The maximum atomic E-state index is 10.8. The molecule has 0 saturated heterocycles. The first-order chi connectivity index (χ1) is 7.59. The summed E-state index contributed by atoms with van der Waals surface area (Å²) >= 11 is 1.09. The lowest BCUT2D eigenvalue weighted by atomic mass is 10.1. The Bertz CT molecular complexity index is 543. The molecule has 0 unspecified atom stereocenters. The Labute approximate surface area is 96.6 Å². The van der Waals surface area contributed by atoms with Gasteiger partial charge in [0.05, 0.1) is 0 Å². The van der Waals surface area contributed by atoms with Gasteiger partial charge in [-0.25, -0.2) is 4.79 Å². The summed E-state index contributed by atoms with van der Waals surface area (Å²) in [4.78, 5) is 11.6. The summed E-state index contributed by atoms with van der Waals surface area (Å²) in [6, 6.07) is 9.17. The van der Waals surface area contributed by atoms with E-state index in [0.29, 0.717) is 0 Å². The fourth-order valence-electron chi connectivity index (χ4n) is 1.52. The van der Waals surface area contributed by atoms with Gasteiger partial charge < -0.3 is 10.2 Å². The number of hydrogen-bond donors (Lipinski definition) is 2. The van der Waals surface area contributed by atoms with Gasteiger partial charge in [0.1, 0.15) is 5.75 Å². The molecule has 2 N–H and O–H groups in total. The first-order valence-electron chi connectivity index (χ1n) is 4.71. The SMILES string of the molecule is Cc1ccccc1-c1cc(O)c(C(=O)O)s1. The zero-order valence-electron chi connectivity index (χ0n) is 8.60. The van der Waals surface area contributed by atoms with Crippen molar-refractivity contribution in [2.45, 2.75) is 6.92 Å². The molecule has 82 valence electrons. The van der Waals surface area contributed by atoms with Gasteiger partial charge in [0.25, 0.3) is 0 Å². The Morgan fingerprint density at radius 3 is 2.56 bits per heavy atom. The predicted molar refractivity (Wildman–Crippen MR) is 63.1 cm³/mol. The van der Waals surface area contributed by atoms with E-state index in [0.717, 1.165) is 27.3 Å². The average molecular weight is 234 g/mol. The Morgan fingerprint density at radius 2 is 2.00 bits per heavy atom. The van der Waals surface area contributed by atoms with E-state index in [9.17, 15) is 9.90 Å². The molecule has 0 aliphatic rings. The van der Waals surface area contributed by atoms with E-state index in [2.05, 4.69) is 0 Å². The van der Waals surface area contributed by atoms with Gasteiger partial charge >= 0.3 is 5.97 Å². The Hall–Kier alpha value is -1.81. The Morgan fingerprint density at radius 1 is 1.31 bits per heavy atom. The number of rotatable bonds is 2. The molecule has 2 aromatic rings. The van der Waals surface area contributed by atoms with Gasteiger partial charge in [0, 0.05) is 4.88 Å². The number of thiophene rings is 1. The van der Waals surface area contributed by atoms with Gasteiger partial charge in [-0.2, -0.15) is 0 Å². The summed E-state index contributed by atoms with van der Waals surface area (Å²) in [6.07, 6.45) is 0. The highest BCUT2D eigenvalue weighted by Gasteiger charge is 2.16. The van der Waals surface area contributed by atoms with Crippen LogP contribution in [0.15, 0.2) is 30.3 Å². The molecule has 16 heavy (non-hydrogen) atoms. The van der Waals surface area contributed by atoms with Crippen LogP contribution in [0.5, 0.6) is 5.75 Å². The molecule has 1 heterocycles. The molecule has 0 saturated carbocycles. The highest BCUT2D eigenvalue weighted by atomic mass is 32.1. The molecule has 3 nitrogen and oxygen atoms in total. The monoisotopic (exact) mass is 234 g/mol. The summed E-state index contributed by atoms with van der Waals surface area (Å²) in [5.41, 5.74) is 2.01. The van der Waals surface area contributed by atoms with Crippen LogP contribution < -0.4 is 0 Å². The third-order valence-electron chi connectivity index (χ3n) is 2.32. The first kappa shape index (κ1) is 10.7. The number of carboxylic acid groups (broad SMARTS) is 1. The third kappa shape index (κ3) is 1.79. The topological polar surface area (TPSA) is 57.5 Å². The molecule has 0 aliphatic carbocycles. The molecule has 0 fully saturated rings. The van der Waals surface area contributed by atoms with E-state index in [1.54, 1.807) is 0 Å². The van der Waals surface area contributed by atoms with Crippen molar-refractivity contribution in [1.82, 2.24) is 0 Å². The number of aromatic hydroxyl groups is 1. The maximum Gasteiger partial charge on any atom is 0.349 e. The normalized spacial score (nSPS) is 10.3. The van der Waals surface area contributed by atoms with Crippen LogP contribution >= 0.6 is 11.3 Å². The number of carbonyl (C=O) groups is 1. The minimum absolute atomic E-state index is 0.0155. The van der Waals surface area contributed by atoms with Crippen molar-refractivity contribution in [3.05, 3.63) is 40.8 Å². The van der Waals surface area contributed by atoms with E-state index in [4.69, 9.17) is 5.11 Å². The minimum Gasteiger partial charge on any atom is -0.506 e. The van der Waals surface area contributed by atoms with Gasteiger partial charge in [-0.05, 0) is 24.1 Å². The van der Waals surface area contributed by atoms with Crippen LogP contribution in [0.25, 0.3) is 10.4 Å². The van der Waals surface area contributed by atoms with Crippen molar-refractivity contribution in [3.63, 3.8) is 0 Å². The van der Waals surface area contributed by atoms with Crippen LogP contribution in [0, 0.1) is 6.92 Å². The van der Waals surface area contributed by atoms with Crippen LogP contribution in [-0.4, -0.2) is 16.2 Å². The average Bonchev–Trinajstić information content (AvgIpc) is 2.61. The fraction of sp³-hybridized carbons (Fsp3) is 0.0833. The highest BCUT2D eigenvalue weighted by molar-refractivity contribution is 7.17. The van der Waals surface area contributed by atoms with Crippen molar-refractivity contribution in [3.8, 4) is 16.2 Å². The highest BCUT2D eigenvalue weighted by Crippen LogP contribution is 2.36. The summed E-state index contributed by atoms with van der Waals surface area (Å²) < 4.78 is 0. The molecular weight excluding hydrogens is 224 g/mol. The lowest BCUT2D eigenvalue weighted by Gasteiger charge is -2.00. The molecule has 0 atom stereocenters. The van der Waals surface area contributed by atoms with Gasteiger partial charge in [0.2, 0.25) is 0 Å². The largest absolute Gasteiger partial charge is 0.506 e. The van der Waals surface area contributed by atoms with Crippen LogP contribution in [0.2, 0.25) is 0 Å². The van der Waals surface area contributed by atoms with Gasteiger partial charge in [-0.3, -0.25) is 0 Å². The fourth-order valence-corrected chi connectivity index (χ4v) is 2.50. The molecule has 0 aliphatic heterocycles. The van der Waals surface area contributed by atoms with Crippen molar-refractivity contribution >= 4 is 17.3 Å². The number of aryl methyl sites for hydroxylation is 1. The van der Waals surface area contributed by atoms with Crippen LogP contribution in [0.3, 0.4) is 0 Å². The summed E-state index contributed by atoms with van der Waals surface area (Å²) in [6.45, 7) is 1.95. The van der Waals surface area contributed by atoms with Crippen LogP contribution in [-0.2, 0) is 0 Å². The smallest absolute Gasteiger partial charge is 0.349 e. The maximum absolute atomic E-state index is 10.8. The molecule has 2 rings (SSSR count). The number of aromatic carboxylic acids is 1. The van der Waals surface area contributed by atoms with E-state index < -0.39 is 5.97 Å². The molecule has 0 bridgehead atoms.